The monoisotopic (exact) mass is 367 g/mol. The molecule has 0 aliphatic heterocycles. The van der Waals surface area contributed by atoms with Crippen LogP contribution in [-0.2, 0) is 17.1 Å². The van der Waals surface area contributed by atoms with Crippen LogP contribution in [0.15, 0.2) is 59.4 Å². The fourth-order valence-corrected chi connectivity index (χ4v) is 3.51. The van der Waals surface area contributed by atoms with Gasteiger partial charge in [-0.15, -0.1) is 0 Å². The fraction of sp³-hybridized carbons (Fsp3) is 0.250. The van der Waals surface area contributed by atoms with Crippen LogP contribution in [0.2, 0.25) is 0 Å². The zero-order valence-corrected chi connectivity index (χ0v) is 15.5. The molecular formula is C20H21N3O2S. The van der Waals surface area contributed by atoms with Gasteiger partial charge in [0.1, 0.15) is 12.4 Å². The zero-order chi connectivity index (χ0) is 18.4. The SMILES string of the molecule is Cc1nc2ccccc2c(=O)n1CC(=O)NCCSCc1ccccc1. The molecule has 0 fully saturated rings. The summed E-state index contributed by atoms with van der Waals surface area (Å²) in [5.41, 5.74) is 1.75. The van der Waals surface area contributed by atoms with Crippen LogP contribution in [0.25, 0.3) is 10.9 Å². The molecule has 0 radical (unpaired) electrons. The first kappa shape index (κ1) is 18.2. The minimum atomic E-state index is -0.179. The average molecular weight is 367 g/mol. The van der Waals surface area contributed by atoms with Crippen LogP contribution in [-0.4, -0.2) is 27.8 Å². The third-order valence-corrected chi connectivity index (χ3v) is 5.06. The summed E-state index contributed by atoms with van der Waals surface area (Å²) in [5.74, 6) is 2.11. The molecule has 2 aromatic carbocycles. The summed E-state index contributed by atoms with van der Waals surface area (Å²) in [4.78, 5) is 29.1. The average Bonchev–Trinajstić information content (AvgIpc) is 2.66. The predicted molar refractivity (Wildman–Crippen MR) is 106 cm³/mol. The van der Waals surface area contributed by atoms with Gasteiger partial charge in [-0.1, -0.05) is 42.5 Å². The van der Waals surface area contributed by atoms with E-state index in [-0.39, 0.29) is 18.0 Å². The van der Waals surface area contributed by atoms with Crippen molar-refractivity contribution < 1.29 is 4.79 Å². The molecule has 1 amide bonds. The Morgan fingerprint density at radius 2 is 1.85 bits per heavy atom. The maximum atomic E-state index is 12.6. The van der Waals surface area contributed by atoms with E-state index >= 15 is 0 Å². The second-order valence-electron chi connectivity index (χ2n) is 5.96. The van der Waals surface area contributed by atoms with E-state index in [0.717, 1.165) is 11.5 Å². The molecule has 3 aromatic rings. The molecule has 1 heterocycles. The topological polar surface area (TPSA) is 64.0 Å². The van der Waals surface area contributed by atoms with Crippen molar-refractivity contribution in [1.29, 1.82) is 0 Å². The summed E-state index contributed by atoms with van der Waals surface area (Å²) < 4.78 is 1.43. The van der Waals surface area contributed by atoms with Crippen LogP contribution in [0.5, 0.6) is 0 Å². The Bertz CT molecular complexity index is 954. The second kappa shape index (κ2) is 8.67. The van der Waals surface area contributed by atoms with E-state index in [1.807, 2.05) is 24.3 Å². The van der Waals surface area contributed by atoms with E-state index in [2.05, 4.69) is 22.4 Å². The van der Waals surface area contributed by atoms with Crippen molar-refractivity contribution in [3.05, 3.63) is 76.3 Å². The van der Waals surface area contributed by atoms with Gasteiger partial charge < -0.3 is 5.32 Å². The number of thioether (sulfide) groups is 1. The van der Waals surface area contributed by atoms with E-state index in [0.29, 0.717) is 23.3 Å². The van der Waals surface area contributed by atoms with Crippen molar-refractivity contribution in [2.45, 2.75) is 19.2 Å². The molecular weight excluding hydrogens is 346 g/mol. The Balaban J connectivity index is 1.52. The fourth-order valence-electron chi connectivity index (χ4n) is 2.69. The van der Waals surface area contributed by atoms with Gasteiger partial charge in [0.15, 0.2) is 0 Å². The highest BCUT2D eigenvalue weighted by atomic mass is 32.2. The van der Waals surface area contributed by atoms with Gasteiger partial charge in [-0.3, -0.25) is 14.2 Å². The van der Waals surface area contributed by atoms with Crippen molar-refractivity contribution in [1.82, 2.24) is 14.9 Å². The van der Waals surface area contributed by atoms with Gasteiger partial charge in [-0.25, -0.2) is 4.98 Å². The highest BCUT2D eigenvalue weighted by Gasteiger charge is 2.10. The van der Waals surface area contributed by atoms with Crippen LogP contribution >= 0.6 is 11.8 Å². The van der Waals surface area contributed by atoms with Crippen molar-refractivity contribution in [3.8, 4) is 0 Å². The van der Waals surface area contributed by atoms with Crippen molar-refractivity contribution in [3.63, 3.8) is 0 Å². The van der Waals surface area contributed by atoms with E-state index in [1.54, 1.807) is 36.9 Å². The summed E-state index contributed by atoms with van der Waals surface area (Å²) in [6, 6.07) is 17.4. The number of aryl methyl sites for hydroxylation is 1. The lowest BCUT2D eigenvalue weighted by Crippen LogP contribution is -2.34. The third kappa shape index (κ3) is 4.52. The number of fused-ring (bicyclic) bond motifs is 1. The maximum absolute atomic E-state index is 12.6. The lowest BCUT2D eigenvalue weighted by atomic mass is 10.2. The first-order valence-electron chi connectivity index (χ1n) is 8.49. The minimum Gasteiger partial charge on any atom is -0.354 e. The molecule has 1 N–H and O–H groups in total. The molecule has 0 aliphatic carbocycles. The number of hydrogen-bond donors (Lipinski definition) is 1. The zero-order valence-electron chi connectivity index (χ0n) is 14.6. The van der Waals surface area contributed by atoms with Crippen LogP contribution in [0.4, 0.5) is 0 Å². The number of carbonyl (C=O) groups excluding carboxylic acids is 1. The molecule has 0 unspecified atom stereocenters. The van der Waals surface area contributed by atoms with E-state index in [4.69, 9.17) is 0 Å². The standard InChI is InChI=1S/C20H21N3O2S/c1-15-22-18-10-6-5-9-17(18)20(25)23(15)13-19(24)21-11-12-26-14-16-7-3-2-4-8-16/h2-10H,11-14H2,1H3,(H,21,24). The number of amides is 1. The Morgan fingerprint density at radius 3 is 2.65 bits per heavy atom. The summed E-state index contributed by atoms with van der Waals surface area (Å²) in [7, 11) is 0. The summed E-state index contributed by atoms with van der Waals surface area (Å²) in [5, 5.41) is 3.40. The first-order chi connectivity index (χ1) is 12.6. The molecule has 3 rings (SSSR count). The van der Waals surface area contributed by atoms with Crippen LogP contribution in [0, 0.1) is 6.92 Å². The normalized spacial score (nSPS) is 10.8. The number of rotatable bonds is 7. The summed E-state index contributed by atoms with van der Waals surface area (Å²) >= 11 is 1.77. The molecule has 0 saturated heterocycles. The number of benzene rings is 2. The predicted octanol–water partition coefficient (Wildman–Crippen LogP) is 2.75. The van der Waals surface area contributed by atoms with E-state index in [1.165, 1.54) is 10.1 Å². The number of nitrogens with one attached hydrogen (secondary N) is 1. The second-order valence-corrected chi connectivity index (χ2v) is 7.06. The van der Waals surface area contributed by atoms with Crippen molar-refractivity contribution in [2.75, 3.05) is 12.3 Å². The van der Waals surface area contributed by atoms with E-state index < -0.39 is 0 Å². The maximum Gasteiger partial charge on any atom is 0.261 e. The summed E-state index contributed by atoms with van der Waals surface area (Å²) in [6.07, 6.45) is 0. The largest absolute Gasteiger partial charge is 0.354 e. The third-order valence-electron chi connectivity index (χ3n) is 4.03. The lowest BCUT2D eigenvalue weighted by Gasteiger charge is -2.11. The lowest BCUT2D eigenvalue weighted by molar-refractivity contribution is -0.121. The van der Waals surface area contributed by atoms with Gasteiger partial charge in [-0.2, -0.15) is 11.8 Å². The van der Waals surface area contributed by atoms with Crippen molar-refractivity contribution in [2.24, 2.45) is 0 Å². The van der Waals surface area contributed by atoms with Gasteiger partial charge in [0.2, 0.25) is 5.91 Å². The van der Waals surface area contributed by atoms with E-state index in [9.17, 15) is 9.59 Å². The van der Waals surface area contributed by atoms with Gasteiger partial charge in [0.05, 0.1) is 10.9 Å². The van der Waals surface area contributed by atoms with Crippen LogP contribution in [0.3, 0.4) is 0 Å². The molecule has 5 nitrogen and oxygen atoms in total. The number of hydrogen-bond acceptors (Lipinski definition) is 4. The molecule has 26 heavy (non-hydrogen) atoms. The van der Waals surface area contributed by atoms with Crippen LogP contribution in [0.1, 0.15) is 11.4 Å². The molecule has 0 atom stereocenters. The Morgan fingerprint density at radius 1 is 1.12 bits per heavy atom. The highest BCUT2D eigenvalue weighted by molar-refractivity contribution is 7.98. The molecule has 0 bridgehead atoms. The number of nitrogens with zero attached hydrogens (tertiary/aromatic N) is 2. The van der Waals surface area contributed by atoms with Gasteiger partial charge in [0.25, 0.3) is 5.56 Å². The quantitative estimate of drug-likeness (QED) is 0.652. The summed E-state index contributed by atoms with van der Waals surface area (Å²) in [6.45, 7) is 2.31. The van der Waals surface area contributed by atoms with Gasteiger partial charge >= 0.3 is 0 Å². The Hall–Kier alpha value is -2.60. The molecule has 0 spiro atoms. The van der Waals surface area contributed by atoms with Crippen molar-refractivity contribution >= 4 is 28.6 Å². The highest BCUT2D eigenvalue weighted by Crippen LogP contribution is 2.10. The number of carbonyl (C=O) groups is 1. The number of aromatic nitrogens is 2. The molecule has 0 aliphatic rings. The molecule has 134 valence electrons. The molecule has 1 aromatic heterocycles. The smallest absolute Gasteiger partial charge is 0.261 e. The van der Waals surface area contributed by atoms with Gasteiger partial charge in [-0.05, 0) is 24.6 Å². The van der Waals surface area contributed by atoms with Crippen LogP contribution < -0.4 is 10.9 Å². The molecule has 6 heteroatoms. The minimum absolute atomic E-state index is 0.00808. The molecule has 0 saturated carbocycles. The first-order valence-corrected chi connectivity index (χ1v) is 9.65. The Labute approximate surface area is 156 Å². The van der Waals surface area contributed by atoms with Gasteiger partial charge in [0, 0.05) is 18.1 Å². The number of para-hydroxylation sites is 1. The Kier molecular flexibility index (Phi) is 6.07.